The van der Waals surface area contributed by atoms with E-state index < -0.39 is 0 Å². The van der Waals surface area contributed by atoms with Gasteiger partial charge in [-0.3, -0.25) is 9.80 Å². The Morgan fingerprint density at radius 2 is 1.88 bits per heavy atom. The lowest BCUT2D eigenvalue weighted by atomic mass is 10.1. The first-order valence-electron chi connectivity index (χ1n) is 9.05. The van der Waals surface area contributed by atoms with E-state index in [4.69, 9.17) is 9.15 Å². The maximum atomic E-state index is 10.1. The Balaban J connectivity index is 1.58. The van der Waals surface area contributed by atoms with Crippen molar-refractivity contribution in [3.8, 4) is 5.75 Å². The minimum Gasteiger partial charge on any atom is -0.508 e. The number of rotatable bonds is 8. The highest BCUT2D eigenvalue weighted by atomic mass is 16.5. The van der Waals surface area contributed by atoms with E-state index in [1.807, 2.05) is 37.3 Å². The molecule has 0 aliphatic carbocycles. The Morgan fingerprint density at radius 3 is 2.60 bits per heavy atom. The van der Waals surface area contributed by atoms with Crippen LogP contribution in [-0.2, 0) is 17.8 Å². The summed E-state index contributed by atoms with van der Waals surface area (Å²) >= 11 is 0. The molecule has 2 heterocycles. The second-order valence-corrected chi connectivity index (χ2v) is 6.66. The second kappa shape index (κ2) is 9.04. The molecule has 0 spiro atoms. The van der Waals surface area contributed by atoms with Gasteiger partial charge in [-0.25, -0.2) is 0 Å². The monoisotopic (exact) mass is 344 g/mol. The third-order valence-electron chi connectivity index (χ3n) is 4.61. The number of aromatic hydroxyl groups is 1. The van der Waals surface area contributed by atoms with Gasteiger partial charge in [0.2, 0.25) is 0 Å². The van der Waals surface area contributed by atoms with Gasteiger partial charge < -0.3 is 14.3 Å². The minimum atomic E-state index is 0.358. The molecule has 1 aromatic heterocycles. The molecule has 0 saturated carbocycles. The zero-order chi connectivity index (χ0) is 17.5. The van der Waals surface area contributed by atoms with Crippen LogP contribution in [0.25, 0.3) is 0 Å². The van der Waals surface area contributed by atoms with Gasteiger partial charge in [0.1, 0.15) is 17.3 Å². The fourth-order valence-electron chi connectivity index (χ4n) is 3.23. The van der Waals surface area contributed by atoms with Crippen LogP contribution in [0.4, 0.5) is 0 Å². The third-order valence-corrected chi connectivity index (χ3v) is 4.61. The Labute approximate surface area is 149 Å². The van der Waals surface area contributed by atoms with Crippen molar-refractivity contribution < 1.29 is 14.3 Å². The Morgan fingerprint density at radius 1 is 1.08 bits per heavy atom. The van der Waals surface area contributed by atoms with E-state index in [1.165, 1.54) is 0 Å². The maximum absolute atomic E-state index is 10.1. The molecule has 1 saturated heterocycles. The van der Waals surface area contributed by atoms with Gasteiger partial charge in [-0.05, 0) is 38.1 Å². The van der Waals surface area contributed by atoms with Crippen LogP contribution in [0.3, 0.4) is 0 Å². The fraction of sp³-hybridized carbons (Fsp3) is 0.500. The van der Waals surface area contributed by atoms with Gasteiger partial charge in [-0.2, -0.15) is 0 Å². The van der Waals surface area contributed by atoms with Crippen molar-refractivity contribution in [2.24, 2.45) is 0 Å². The van der Waals surface area contributed by atoms with Crippen LogP contribution in [0.1, 0.15) is 23.5 Å². The van der Waals surface area contributed by atoms with E-state index in [0.717, 1.165) is 76.0 Å². The summed E-state index contributed by atoms with van der Waals surface area (Å²) in [5, 5.41) is 10.1. The smallest absolute Gasteiger partial charge is 0.120 e. The number of phenols is 1. The highest BCUT2D eigenvalue weighted by Gasteiger charge is 2.14. The number of furan rings is 1. The summed E-state index contributed by atoms with van der Waals surface area (Å²) in [6, 6.07) is 11.6. The first kappa shape index (κ1) is 18.0. The number of aryl methyl sites for hydroxylation is 1. The molecule has 5 nitrogen and oxygen atoms in total. The average molecular weight is 344 g/mol. The standard InChI is InChI=1S/C20H28N2O3/c1-17-7-8-19(25-17)16-22(15-18-5-2-3-6-20(18)23)10-4-9-21-11-13-24-14-12-21/h2-3,5-8,23H,4,9-16H2,1H3. The van der Waals surface area contributed by atoms with Crippen LogP contribution >= 0.6 is 0 Å². The number of ether oxygens (including phenoxy) is 1. The number of morpholine rings is 1. The molecule has 2 aromatic rings. The fourth-order valence-corrected chi connectivity index (χ4v) is 3.23. The molecule has 1 N–H and O–H groups in total. The highest BCUT2D eigenvalue weighted by Crippen LogP contribution is 2.20. The molecule has 0 radical (unpaired) electrons. The van der Waals surface area contributed by atoms with Crippen molar-refractivity contribution in [2.45, 2.75) is 26.4 Å². The van der Waals surface area contributed by atoms with E-state index in [9.17, 15) is 5.11 Å². The molecular weight excluding hydrogens is 316 g/mol. The lowest BCUT2D eigenvalue weighted by Crippen LogP contribution is -2.38. The quantitative estimate of drug-likeness (QED) is 0.798. The summed E-state index contributed by atoms with van der Waals surface area (Å²) in [4.78, 5) is 4.80. The lowest BCUT2D eigenvalue weighted by molar-refractivity contribution is 0.0357. The van der Waals surface area contributed by atoms with Crippen molar-refractivity contribution >= 4 is 0 Å². The zero-order valence-electron chi connectivity index (χ0n) is 15.0. The van der Waals surface area contributed by atoms with Crippen molar-refractivity contribution in [3.05, 3.63) is 53.5 Å². The molecule has 1 aliphatic heterocycles. The maximum Gasteiger partial charge on any atom is 0.120 e. The van der Waals surface area contributed by atoms with Crippen LogP contribution < -0.4 is 0 Å². The lowest BCUT2D eigenvalue weighted by Gasteiger charge is -2.28. The summed E-state index contributed by atoms with van der Waals surface area (Å²) in [6.45, 7) is 9.22. The van der Waals surface area contributed by atoms with Crippen molar-refractivity contribution in [3.63, 3.8) is 0 Å². The summed E-state index contributed by atoms with van der Waals surface area (Å²) < 4.78 is 11.2. The Bertz CT molecular complexity index is 650. The predicted molar refractivity (Wildman–Crippen MR) is 97.5 cm³/mol. The largest absolute Gasteiger partial charge is 0.508 e. The number of phenolic OH excluding ortho intramolecular Hbond substituents is 1. The molecule has 3 rings (SSSR count). The summed E-state index contributed by atoms with van der Waals surface area (Å²) in [6.07, 6.45) is 1.09. The Hall–Kier alpha value is -1.82. The molecule has 0 amide bonds. The van der Waals surface area contributed by atoms with Gasteiger partial charge in [0.15, 0.2) is 0 Å². The molecule has 25 heavy (non-hydrogen) atoms. The molecule has 5 heteroatoms. The highest BCUT2D eigenvalue weighted by molar-refractivity contribution is 5.31. The van der Waals surface area contributed by atoms with E-state index in [-0.39, 0.29) is 0 Å². The van der Waals surface area contributed by atoms with Crippen LogP contribution in [0.2, 0.25) is 0 Å². The van der Waals surface area contributed by atoms with Crippen LogP contribution in [-0.4, -0.2) is 54.3 Å². The molecule has 0 atom stereocenters. The normalized spacial score (nSPS) is 15.8. The first-order chi connectivity index (χ1) is 12.2. The number of hydrogen-bond donors (Lipinski definition) is 1. The van der Waals surface area contributed by atoms with E-state index in [2.05, 4.69) is 9.80 Å². The van der Waals surface area contributed by atoms with Gasteiger partial charge in [-0.1, -0.05) is 18.2 Å². The number of hydrogen-bond acceptors (Lipinski definition) is 5. The Kier molecular flexibility index (Phi) is 6.50. The molecule has 1 aromatic carbocycles. The summed E-state index contributed by atoms with van der Waals surface area (Å²) in [7, 11) is 0. The molecule has 1 aliphatic rings. The van der Waals surface area contributed by atoms with E-state index >= 15 is 0 Å². The van der Waals surface area contributed by atoms with E-state index in [1.54, 1.807) is 6.07 Å². The molecular formula is C20H28N2O3. The number of nitrogens with zero attached hydrogens (tertiary/aromatic N) is 2. The summed E-state index contributed by atoms with van der Waals surface area (Å²) in [5.74, 6) is 2.27. The topological polar surface area (TPSA) is 49.1 Å². The van der Waals surface area contributed by atoms with Gasteiger partial charge in [0.25, 0.3) is 0 Å². The molecule has 136 valence electrons. The second-order valence-electron chi connectivity index (χ2n) is 6.66. The third kappa shape index (κ3) is 5.59. The minimum absolute atomic E-state index is 0.358. The SMILES string of the molecule is Cc1ccc(CN(CCCN2CCOCC2)Cc2ccccc2O)o1. The van der Waals surface area contributed by atoms with Crippen LogP contribution in [0, 0.1) is 6.92 Å². The van der Waals surface area contributed by atoms with Gasteiger partial charge in [0.05, 0.1) is 19.8 Å². The number of para-hydroxylation sites is 1. The number of benzene rings is 1. The van der Waals surface area contributed by atoms with Crippen LogP contribution in [0.15, 0.2) is 40.8 Å². The predicted octanol–water partition coefficient (Wildman–Crippen LogP) is 3.02. The summed E-state index contributed by atoms with van der Waals surface area (Å²) in [5.41, 5.74) is 0.956. The van der Waals surface area contributed by atoms with Crippen molar-refractivity contribution in [1.29, 1.82) is 0 Å². The van der Waals surface area contributed by atoms with Crippen molar-refractivity contribution in [2.75, 3.05) is 39.4 Å². The van der Waals surface area contributed by atoms with Gasteiger partial charge in [0, 0.05) is 31.7 Å². The van der Waals surface area contributed by atoms with Crippen LogP contribution in [0.5, 0.6) is 5.75 Å². The zero-order valence-corrected chi connectivity index (χ0v) is 15.0. The van der Waals surface area contributed by atoms with E-state index in [0.29, 0.717) is 5.75 Å². The van der Waals surface area contributed by atoms with Gasteiger partial charge >= 0.3 is 0 Å². The van der Waals surface area contributed by atoms with Gasteiger partial charge in [-0.15, -0.1) is 0 Å². The molecule has 0 unspecified atom stereocenters. The molecule has 1 fully saturated rings. The average Bonchev–Trinajstić information content (AvgIpc) is 3.02. The van der Waals surface area contributed by atoms with Crippen molar-refractivity contribution in [1.82, 2.24) is 9.80 Å². The molecule has 0 bridgehead atoms. The first-order valence-corrected chi connectivity index (χ1v) is 9.05.